The van der Waals surface area contributed by atoms with E-state index in [1.54, 1.807) is 13.2 Å². The molecule has 0 N–H and O–H groups in total. The first-order valence-electron chi connectivity index (χ1n) is 10.8. The van der Waals surface area contributed by atoms with E-state index < -0.39 is 0 Å². The van der Waals surface area contributed by atoms with E-state index in [1.807, 2.05) is 41.6 Å². The molecule has 164 valence electrons. The molecule has 7 heteroatoms. The van der Waals surface area contributed by atoms with Gasteiger partial charge >= 0.3 is 0 Å². The van der Waals surface area contributed by atoms with Crippen LogP contribution in [0.2, 0.25) is 0 Å². The maximum Gasteiger partial charge on any atom is 0.256 e. The van der Waals surface area contributed by atoms with E-state index in [9.17, 15) is 9.18 Å². The lowest BCUT2D eigenvalue weighted by Gasteiger charge is -2.20. The third-order valence-corrected chi connectivity index (χ3v) is 5.96. The van der Waals surface area contributed by atoms with E-state index in [-0.39, 0.29) is 11.7 Å². The van der Waals surface area contributed by atoms with E-state index in [0.717, 1.165) is 59.8 Å². The van der Waals surface area contributed by atoms with Gasteiger partial charge in [-0.2, -0.15) is 5.10 Å². The van der Waals surface area contributed by atoms with Gasteiger partial charge in [-0.05, 0) is 51.0 Å². The number of benzene rings is 1. The smallest absolute Gasteiger partial charge is 0.256 e. The molecule has 0 aliphatic carbocycles. The quantitative estimate of drug-likeness (QED) is 0.558. The van der Waals surface area contributed by atoms with Crippen LogP contribution in [0.15, 0.2) is 36.4 Å². The minimum atomic E-state index is -0.279. The van der Waals surface area contributed by atoms with Crippen LogP contribution in [0, 0.1) is 19.7 Å². The molecule has 0 atom stereocenters. The zero-order chi connectivity index (χ0) is 22.0. The van der Waals surface area contributed by atoms with Gasteiger partial charge in [-0.25, -0.2) is 4.39 Å². The molecule has 3 aromatic rings. The van der Waals surface area contributed by atoms with Gasteiger partial charge in [0.15, 0.2) is 0 Å². The highest BCUT2D eigenvalue weighted by atomic mass is 19.1. The Morgan fingerprint density at radius 2 is 2.03 bits per heavy atom. The average Bonchev–Trinajstić information content (AvgIpc) is 3.21. The van der Waals surface area contributed by atoms with E-state index in [4.69, 9.17) is 4.74 Å². The first-order valence-corrected chi connectivity index (χ1v) is 10.8. The van der Waals surface area contributed by atoms with Crippen molar-refractivity contribution in [2.24, 2.45) is 0 Å². The molecule has 0 unspecified atom stereocenters. The highest BCUT2D eigenvalue weighted by Gasteiger charge is 2.25. The maximum atomic E-state index is 13.6. The molecular formula is C24H29FN4O2. The van der Waals surface area contributed by atoms with Crippen LogP contribution in [-0.2, 0) is 24.4 Å². The van der Waals surface area contributed by atoms with Crippen molar-refractivity contribution >= 4 is 5.91 Å². The summed E-state index contributed by atoms with van der Waals surface area (Å²) >= 11 is 0. The molecule has 1 aliphatic rings. The fourth-order valence-corrected chi connectivity index (χ4v) is 4.32. The summed E-state index contributed by atoms with van der Waals surface area (Å²) in [4.78, 5) is 15.3. The number of aromatic nitrogens is 3. The molecule has 0 spiro atoms. The molecule has 0 saturated heterocycles. The van der Waals surface area contributed by atoms with E-state index in [0.29, 0.717) is 19.7 Å². The van der Waals surface area contributed by atoms with Crippen LogP contribution in [0.5, 0.6) is 0 Å². The minimum absolute atomic E-state index is 0.0491. The van der Waals surface area contributed by atoms with Crippen LogP contribution in [0.4, 0.5) is 4.39 Å². The molecule has 1 aliphatic heterocycles. The van der Waals surface area contributed by atoms with Crippen molar-refractivity contribution in [3.8, 4) is 11.3 Å². The summed E-state index contributed by atoms with van der Waals surface area (Å²) in [6.45, 7) is 7.51. The lowest BCUT2D eigenvalue weighted by molar-refractivity contribution is 0.0745. The standard InChI is InChI=1S/C24H29FN4O2/c1-17-13-22(18(2)28(17)10-6-12-31-3)24(30)27-9-5-11-29-21(16-27)15-23(26-29)19-7-4-8-20(25)14-19/h4,7-8,13-15H,5-6,9-12,16H2,1-3H3. The number of halogens is 1. The largest absolute Gasteiger partial charge is 0.385 e. The number of amides is 1. The lowest BCUT2D eigenvalue weighted by Crippen LogP contribution is -2.31. The molecule has 0 fully saturated rings. The summed E-state index contributed by atoms with van der Waals surface area (Å²) in [5, 5.41) is 4.66. The Morgan fingerprint density at radius 1 is 1.19 bits per heavy atom. The van der Waals surface area contributed by atoms with Crippen LogP contribution < -0.4 is 0 Å². The van der Waals surface area contributed by atoms with Crippen LogP contribution in [0.25, 0.3) is 11.3 Å². The van der Waals surface area contributed by atoms with Crippen molar-refractivity contribution in [2.75, 3.05) is 20.3 Å². The molecule has 3 heterocycles. The Kier molecular flexibility index (Phi) is 6.23. The summed E-state index contributed by atoms with van der Waals surface area (Å²) in [6, 6.07) is 10.4. The summed E-state index contributed by atoms with van der Waals surface area (Å²) in [5.41, 5.74) is 5.30. The number of methoxy groups -OCH3 is 1. The van der Waals surface area contributed by atoms with Crippen LogP contribution in [0.1, 0.15) is 40.3 Å². The third-order valence-electron chi connectivity index (χ3n) is 5.96. The minimum Gasteiger partial charge on any atom is -0.385 e. The Morgan fingerprint density at radius 3 is 2.81 bits per heavy atom. The summed E-state index contributed by atoms with van der Waals surface area (Å²) in [5.74, 6) is -0.230. The molecule has 1 amide bonds. The molecule has 2 aromatic heterocycles. The van der Waals surface area contributed by atoms with E-state index >= 15 is 0 Å². The van der Waals surface area contributed by atoms with Gasteiger partial charge in [-0.15, -0.1) is 0 Å². The van der Waals surface area contributed by atoms with Crippen LogP contribution >= 0.6 is 0 Å². The third kappa shape index (κ3) is 4.42. The van der Waals surface area contributed by atoms with Gasteiger partial charge in [-0.3, -0.25) is 9.48 Å². The van der Waals surface area contributed by atoms with Crippen molar-refractivity contribution in [1.82, 2.24) is 19.2 Å². The Labute approximate surface area is 182 Å². The molecule has 1 aromatic carbocycles. The van der Waals surface area contributed by atoms with Gasteiger partial charge in [-0.1, -0.05) is 12.1 Å². The zero-order valence-corrected chi connectivity index (χ0v) is 18.4. The SMILES string of the molecule is COCCCn1c(C)cc(C(=O)N2CCCn3nc(-c4cccc(F)c4)cc3C2)c1C. The van der Waals surface area contributed by atoms with E-state index in [2.05, 4.69) is 9.67 Å². The number of ether oxygens (including phenoxy) is 1. The lowest BCUT2D eigenvalue weighted by atomic mass is 10.1. The maximum absolute atomic E-state index is 13.6. The Hall–Kier alpha value is -2.93. The van der Waals surface area contributed by atoms with E-state index in [1.165, 1.54) is 12.1 Å². The Bertz CT molecular complexity index is 1090. The predicted octanol–water partition coefficient (Wildman–Crippen LogP) is 4.19. The number of carbonyl (C=O) groups is 1. The highest BCUT2D eigenvalue weighted by molar-refractivity contribution is 5.95. The first-order chi connectivity index (χ1) is 15.0. The molecule has 4 rings (SSSR count). The molecule has 0 saturated carbocycles. The van der Waals surface area contributed by atoms with Crippen LogP contribution in [-0.4, -0.2) is 45.4 Å². The summed E-state index contributed by atoms with van der Waals surface area (Å²) in [7, 11) is 1.70. The monoisotopic (exact) mass is 424 g/mol. The summed E-state index contributed by atoms with van der Waals surface area (Å²) < 4.78 is 22.9. The van der Waals surface area contributed by atoms with Crippen molar-refractivity contribution in [1.29, 1.82) is 0 Å². The predicted molar refractivity (Wildman–Crippen MR) is 117 cm³/mol. The molecule has 31 heavy (non-hydrogen) atoms. The summed E-state index contributed by atoms with van der Waals surface area (Å²) in [6.07, 6.45) is 1.74. The molecular weight excluding hydrogens is 395 g/mol. The van der Waals surface area contributed by atoms with Crippen molar-refractivity contribution in [3.05, 3.63) is 64.9 Å². The first kappa shape index (κ1) is 21.3. The van der Waals surface area contributed by atoms with Gasteiger partial charge in [0.05, 0.1) is 23.5 Å². The molecule has 6 nitrogen and oxygen atoms in total. The van der Waals surface area contributed by atoms with Crippen molar-refractivity contribution in [2.45, 2.75) is 46.3 Å². The number of rotatable bonds is 6. The molecule has 0 radical (unpaired) electrons. The number of hydrogen-bond acceptors (Lipinski definition) is 3. The van der Waals surface area contributed by atoms with Crippen LogP contribution in [0.3, 0.4) is 0 Å². The number of aryl methyl sites for hydroxylation is 2. The zero-order valence-electron chi connectivity index (χ0n) is 18.4. The van der Waals surface area contributed by atoms with Gasteiger partial charge in [0, 0.05) is 50.3 Å². The van der Waals surface area contributed by atoms with Gasteiger partial charge in [0.25, 0.3) is 5.91 Å². The second-order valence-electron chi connectivity index (χ2n) is 8.12. The number of nitrogens with zero attached hydrogens (tertiary/aromatic N) is 4. The Balaban J connectivity index is 1.55. The van der Waals surface area contributed by atoms with Gasteiger partial charge in [0.1, 0.15) is 5.82 Å². The second-order valence-corrected chi connectivity index (χ2v) is 8.12. The fourth-order valence-electron chi connectivity index (χ4n) is 4.32. The second kappa shape index (κ2) is 9.06. The van der Waals surface area contributed by atoms with Gasteiger partial charge < -0.3 is 14.2 Å². The normalized spacial score (nSPS) is 13.9. The number of hydrogen-bond donors (Lipinski definition) is 0. The van der Waals surface area contributed by atoms with Crippen molar-refractivity contribution < 1.29 is 13.9 Å². The van der Waals surface area contributed by atoms with Gasteiger partial charge in [0.2, 0.25) is 0 Å². The fraction of sp³-hybridized carbons (Fsp3) is 0.417. The topological polar surface area (TPSA) is 52.3 Å². The number of fused-ring (bicyclic) bond motifs is 1. The van der Waals surface area contributed by atoms with Crippen molar-refractivity contribution in [3.63, 3.8) is 0 Å². The highest BCUT2D eigenvalue weighted by Crippen LogP contribution is 2.25. The number of carbonyl (C=O) groups excluding carboxylic acids is 1. The average molecular weight is 425 g/mol. The molecule has 0 bridgehead atoms.